The predicted molar refractivity (Wildman–Crippen MR) is 108 cm³/mol. The Morgan fingerprint density at radius 2 is 1.85 bits per heavy atom. The average molecular weight is 379 g/mol. The van der Waals surface area contributed by atoms with Crippen LogP contribution < -0.4 is 10.6 Å². The lowest BCUT2D eigenvalue weighted by Crippen LogP contribution is -2.46. The van der Waals surface area contributed by atoms with E-state index in [4.69, 9.17) is 10.7 Å². The summed E-state index contributed by atoms with van der Waals surface area (Å²) >= 11 is 1.70. The quantitative estimate of drug-likeness (QED) is 0.738. The van der Waals surface area contributed by atoms with Crippen molar-refractivity contribution < 1.29 is 4.79 Å². The van der Waals surface area contributed by atoms with Gasteiger partial charge in [0.25, 0.3) is 5.91 Å². The normalized spacial score (nSPS) is 15.0. The summed E-state index contributed by atoms with van der Waals surface area (Å²) < 4.78 is 0. The lowest BCUT2D eigenvalue weighted by atomic mass is 10.2. The molecule has 0 bridgehead atoms. The number of carbonyl (C=O) groups is 1. The Kier molecular flexibility index (Phi) is 5.13. The predicted octanol–water partition coefficient (Wildman–Crippen LogP) is 2.63. The van der Waals surface area contributed by atoms with E-state index >= 15 is 0 Å². The molecule has 7 heteroatoms. The third-order valence-electron chi connectivity index (χ3n) is 4.70. The summed E-state index contributed by atoms with van der Waals surface area (Å²) in [5.74, 6) is 0.252. The number of nitrogens with two attached hydrogens (primary N) is 1. The fourth-order valence-corrected chi connectivity index (χ4v) is 4.12. The summed E-state index contributed by atoms with van der Waals surface area (Å²) in [6.45, 7) is 4.27. The van der Waals surface area contributed by atoms with Gasteiger partial charge in [0.1, 0.15) is 10.8 Å². The zero-order valence-electron chi connectivity index (χ0n) is 14.9. The third kappa shape index (κ3) is 3.99. The number of nitrogens with zero attached hydrogens (tertiary/aromatic N) is 4. The Morgan fingerprint density at radius 3 is 2.59 bits per heavy atom. The summed E-state index contributed by atoms with van der Waals surface area (Å²) in [6, 6.07) is 13.7. The first-order valence-corrected chi connectivity index (χ1v) is 9.80. The van der Waals surface area contributed by atoms with Gasteiger partial charge in [0.15, 0.2) is 0 Å². The molecule has 27 heavy (non-hydrogen) atoms. The van der Waals surface area contributed by atoms with E-state index in [0.717, 1.165) is 49.0 Å². The van der Waals surface area contributed by atoms with Gasteiger partial charge in [-0.3, -0.25) is 9.69 Å². The molecular weight excluding hydrogens is 358 g/mol. The van der Waals surface area contributed by atoms with Crippen LogP contribution >= 0.6 is 11.3 Å². The maximum Gasteiger partial charge on any atom is 0.252 e. The molecule has 4 rings (SSSR count). The summed E-state index contributed by atoms with van der Waals surface area (Å²) in [7, 11) is 0. The van der Waals surface area contributed by atoms with E-state index in [-0.39, 0.29) is 0 Å². The maximum atomic E-state index is 11.6. The molecule has 1 amide bonds. The Morgan fingerprint density at radius 1 is 1.07 bits per heavy atom. The SMILES string of the molecule is NC(=O)c1cccnc1N1CCN(Cc2nc(-c3ccccc3)cs2)CC1. The van der Waals surface area contributed by atoms with Crippen molar-refractivity contribution in [2.24, 2.45) is 5.73 Å². The Balaban J connectivity index is 1.38. The zero-order valence-corrected chi connectivity index (χ0v) is 15.7. The number of primary amides is 1. The van der Waals surface area contributed by atoms with Crippen molar-refractivity contribution >= 4 is 23.1 Å². The van der Waals surface area contributed by atoms with Crippen LogP contribution in [0.1, 0.15) is 15.4 Å². The number of hydrogen-bond donors (Lipinski definition) is 1. The van der Waals surface area contributed by atoms with Crippen molar-refractivity contribution in [3.05, 3.63) is 64.6 Å². The second kappa shape index (κ2) is 7.85. The van der Waals surface area contributed by atoms with Crippen LogP contribution in [-0.2, 0) is 6.54 Å². The molecule has 1 aliphatic rings. The third-order valence-corrected chi connectivity index (χ3v) is 5.54. The van der Waals surface area contributed by atoms with Crippen LogP contribution in [0.5, 0.6) is 0 Å². The average Bonchev–Trinajstić information content (AvgIpc) is 3.18. The Bertz CT molecular complexity index is 919. The molecule has 0 aliphatic carbocycles. The molecule has 0 atom stereocenters. The van der Waals surface area contributed by atoms with Gasteiger partial charge in [-0.15, -0.1) is 11.3 Å². The van der Waals surface area contributed by atoms with Crippen LogP contribution in [0.3, 0.4) is 0 Å². The van der Waals surface area contributed by atoms with Gasteiger partial charge < -0.3 is 10.6 Å². The molecule has 0 unspecified atom stereocenters. The van der Waals surface area contributed by atoms with Crippen molar-refractivity contribution in [1.29, 1.82) is 0 Å². The molecule has 2 N–H and O–H groups in total. The van der Waals surface area contributed by atoms with Crippen LogP contribution in [0.25, 0.3) is 11.3 Å². The molecule has 0 spiro atoms. The van der Waals surface area contributed by atoms with E-state index in [1.807, 2.05) is 18.2 Å². The summed E-state index contributed by atoms with van der Waals surface area (Å²) in [5, 5.41) is 3.24. The number of hydrogen-bond acceptors (Lipinski definition) is 6. The van der Waals surface area contributed by atoms with Crippen molar-refractivity contribution in [3.63, 3.8) is 0 Å². The summed E-state index contributed by atoms with van der Waals surface area (Å²) in [5.41, 5.74) is 8.15. The fourth-order valence-electron chi connectivity index (χ4n) is 3.28. The zero-order chi connectivity index (χ0) is 18.6. The van der Waals surface area contributed by atoms with Crippen molar-refractivity contribution in [2.45, 2.75) is 6.54 Å². The first-order chi connectivity index (χ1) is 13.2. The number of benzene rings is 1. The lowest BCUT2D eigenvalue weighted by molar-refractivity contribution is 0.1000. The highest BCUT2D eigenvalue weighted by Gasteiger charge is 2.22. The minimum atomic E-state index is -0.434. The molecule has 1 saturated heterocycles. The molecule has 0 radical (unpaired) electrons. The van der Waals surface area contributed by atoms with E-state index in [9.17, 15) is 4.79 Å². The fraction of sp³-hybridized carbons (Fsp3) is 0.250. The molecule has 0 saturated carbocycles. The summed E-state index contributed by atoms with van der Waals surface area (Å²) in [6.07, 6.45) is 1.70. The van der Waals surface area contributed by atoms with Gasteiger partial charge in [-0.2, -0.15) is 0 Å². The molecule has 138 valence electrons. The van der Waals surface area contributed by atoms with Gasteiger partial charge >= 0.3 is 0 Å². The van der Waals surface area contributed by atoms with Crippen LogP contribution in [0.2, 0.25) is 0 Å². The second-order valence-corrected chi connectivity index (χ2v) is 7.44. The Labute approximate surface area is 162 Å². The standard InChI is InChI=1S/C20H21N5OS/c21-19(26)16-7-4-8-22-20(16)25-11-9-24(10-12-25)13-18-23-17(14-27-18)15-5-2-1-3-6-15/h1-8,14H,9-13H2,(H2,21,26). The van der Waals surface area contributed by atoms with E-state index in [0.29, 0.717) is 11.4 Å². The second-order valence-electron chi connectivity index (χ2n) is 6.49. The smallest absolute Gasteiger partial charge is 0.252 e. The topological polar surface area (TPSA) is 75.4 Å². The monoisotopic (exact) mass is 379 g/mol. The molecule has 1 fully saturated rings. The molecule has 3 heterocycles. The van der Waals surface area contributed by atoms with Gasteiger partial charge in [-0.05, 0) is 12.1 Å². The van der Waals surface area contributed by atoms with E-state index in [1.165, 1.54) is 0 Å². The number of anilines is 1. The highest BCUT2D eigenvalue weighted by Crippen LogP contribution is 2.23. The number of thiazole rings is 1. The number of amides is 1. The van der Waals surface area contributed by atoms with Gasteiger partial charge in [-0.1, -0.05) is 30.3 Å². The molecule has 3 aromatic rings. The molecular formula is C20H21N5OS. The molecule has 1 aliphatic heterocycles. The highest BCUT2D eigenvalue weighted by molar-refractivity contribution is 7.09. The van der Waals surface area contributed by atoms with E-state index in [2.05, 4.69) is 32.3 Å². The van der Waals surface area contributed by atoms with Crippen LogP contribution in [0, 0.1) is 0 Å². The van der Waals surface area contributed by atoms with Crippen LogP contribution in [0.4, 0.5) is 5.82 Å². The highest BCUT2D eigenvalue weighted by atomic mass is 32.1. The lowest BCUT2D eigenvalue weighted by Gasteiger charge is -2.35. The molecule has 6 nitrogen and oxygen atoms in total. The van der Waals surface area contributed by atoms with Gasteiger partial charge in [0.05, 0.1) is 17.8 Å². The maximum absolute atomic E-state index is 11.6. The minimum absolute atomic E-state index is 0.434. The molecule has 1 aromatic carbocycles. The molecule has 2 aromatic heterocycles. The van der Waals surface area contributed by atoms with Crippen molar-refractivity contribution in [2.75, 3.05) is 31.1 Å². The van der Waals surface area contributed by atoms with E-state index in [1.54, 1.807) is 29.7 Å². The van der Waals surface area contributed by atoms with Crippen molar-refractivity contribution in [3.8, 4) is 11.3 Å². The van der Waals surface area contributed by atoms with Gasteiger partial charge in [0.2, 0.25) is 0 Å². The van der Waals surface area contributed by atoms with Crippen LogP contribution in [0.15, 0.2) is 54.0 Å². The number of pyridine rings is 1. The largest absolute Gasteiger partial charge is 0.365 e. The first kappa shape index (κ1) is 17.6. The number of aromatic nitrogens is 2. The Hall–Kier alpha value is -2.77. The van der Waals surface area contributed by atoms with Crippen LogP contribution in [-0.4, -0.2) is 47.0 Å². The minimum Gasteiger partial charge on any atom is -0.365 e. The van der Waals surface area contributed by atoms with Gasteiger partial charge in [0, 0.05) is 43.3 Å². The first-order valence-electron chi connectivity index (χ1n) is 8.92. The number of carbonyl (C=O) groups excluding carboxylic acids is 1. The summed E-state index contributed by atoms with van der Waals surface area (Å²) in [4.78, 5) is 25.3. The van der Waals surface area contributed by atoms with Gasteiger partial charge in [-0.25, -0.2) is 9.97 Å². The number of piperazine rings is 1. The van der Waals surface area contributed by atoms with E-state index < -0.39 is 5.91 Å². The number of rotatable bonds is 5. The van der Waals surface area contributed by atoms with Crippen molar-refractivity contribution in [1.82, 2.24) is 14.9 Å².